The van der Waals surface area contributed by atoms with Gasteiger partial charge in [0.25, 0.3) is 0 Å². The van der Waals surface area contributed by atoms with Crippen molar-refractivity contribution in [2.24, 2.45) is 0 Å². The smallest absolute Gasteiger partial charge is 0.230 e. The lowest BCUT2D eigenvalue weighted by atomic mass is 9.83. The molecule has 1 amide bonds. The summed E-state index contributed by atoms with van der Waals surface area (Å²) in [5.74, 6) is -0.277. The van der Waals surface area contributed by atoms with Gasteiger partial charge in [-0.3, -0.25) is 4.79 Å². The summed E-state index contributed by atoms with van der Waals surface area (Å²) >= 11 is 0. The molecule has 0 saturated carbocycles. The first-order valence-corrected chi connectivity index (χ1v) is 7.20. The van der Waals surface area contributed by atoms with Gasteiger partial charge in [-0.15, -0.1) is 12.4 Å². The molecular formula is C16H24ClFN2O. The van der Waals surface area contributed by atoms with Gasteiger partial charge in [0, 0.05) is 12.1 Å². The zero-order chi connectivity index (χ0) is 14.8. The van der Waals surface area contributed by atoms with Crippen LogP contribution in [0.1, 0.15) is 39.2 Å². The summed E-state index contributed by atoms with van der Waals surface area (Å²) in [6.07, 6.45) is 1.90. The second-order valence-electron chi connectivity index (χ2n) is 6.18. The Hall–Kier alpha value is -1.13. The number of hydrogen-bond donors (Lipinski definition) is 2. The molecule has 0 bridgehead atoms. The van der Waals surface area contributed by atoms with E-state index in [-0.39, 0.29) is 30.2 Å². The Bertz CT molecular complexity index is 476. The first-order chi connectivity index (χ1) is 9.39. The summed E-state index contributed by atoms with van der Waals surface area (Å²) in [5.41, 5.74) is 0.181. The first-order valence-electron chi connectivity index (χ1n) is 7.20. The summed E-state index contributed by atoms with van der Waals surface area (Å²) in [6.45, 7) is 6.81. The van der Waals surface area contributed by atoms with Crippen LogP contribution in [0.3, 0.4) is 0 Å². The van der Waals surface area contributed by atoms with Crippen molar-refractivity contribution in [2.45, 2.75) is 51.1 Å². The number of halogens is 2. The highest BCUT2D eigenvalue weighted by molar-refractivity contribution is 5.87. The minimum Gasteiger partial charge on any atom is -0.353 e. The van der Waals surface area contributed by atoms with Gasteiger partial charge in [0.05, 0.1) is 5.41 Å². The molecule has 0 aromatic heterocycles. The third-order valence-corrected chi connectivity index (χ3v) is 4.09. The molecule has 0 spiro atoms. The van der Waals surface area contributed by atoms with Crippen LogP contribution < -0.4 is 10.6 Å². The van der Waals surface area contributed by atoms with Gasteiger partial charge in [-0.05, 0) is 57.9 Å². The van der Waals surface area contributed by atoms with Crippen LogP contribution in [0.25, 0.3) is 0 Å². The number of benzene rings is 1. The normalized spacial score (nSPS) is 22.3. The van der Waals surface area contributed by atoms with Crippen molar-refractivity contribution < 1.29 is 9.18 Å². The number of piperidine rings is 1. The molecule has 1 fully saturated rings. The monoisotopic (exact) mass is 314 g/mol. The summed E-state index contributed by atoms with van der Waals surface area (Å²) in [4.78, 5) is 12.5. The molecule has 0 aliphatic carbocycles. The van der Waals surface area contributed by atoms with E-state index in [1.165, 1.54) is 12.1 Å². The van der Waals surface area contributed by atoms with Crippen molar-refractivity contribution in [3.05, 3.63) is 35.6 Å². The molecule has 1 saturated heterocycles. The van der Waals surface area contributed by atoms with Gasteiger partial charge in [-0.1, -0.05) is 12.1 Å². The van der Waals surface area contributed by atoms with E-state index in [0.29, 0.717) is 6.04 Å². The minimum absolute atomic E-state index is 0. The molecule has 2 atom stereocenters. The number of hydrogen-bond acceptors (Lipinski definition) is 2. The molecule has 1 aliphatic heterocycles. The number of carbonyl (C=O) groups excluding carboxylic acids is 1. The second kappa shape index (κ2) is 7.23. The van der Waals surface area contributed by atoms with Gasteiger partial charge in [-0.25, -0.2) is 4.39 Å². The summed E-state index contributed by atoms with van der Waals surface area (Å²) in [6, 6.07) is 6.81. The Morgan fingerprint density at radius 2 is 1.95 bits per heavy atom. The molecule has 21 heavy (non-hydrogen) atoms. The van der Waals surface area contributed by atoms with Crippen molar-refractivity contribution in [3.63, 3.8) is 0 Å². The summed E-state index contributed by atoms with van der Waals surface area (Å²) in [5, 5.41) is 6.50. The molecule has 1 aromatic carbocycles. The highest BCUT2D eigenvalue weighted by Gasteiger charge is 2.32. The van der Waals surface area contributed by atoms with Gasteiger partial charge in [0.2, 0.25) is 5.91 Å². The zero-order valence-corrected chi connectivity index (χ0v) is 13.6. The Balaban J connectivity index is 0.00000220. The molecule has 5 heteroatoms. The maximum absolute atomic E-state index is 13.0. The van der Waals surface area contributed by atoms with Crippen LogP contribution in [-0.4, -0.2) is 24.5 Å². The number of carbonyl (C=O) groups is 1. The lowest BCUT2D eigenvalue weighted by Crippen LogP contribution is -2.50. The van der Waals surface area contributed by atoms with E-state index in [1.807, 2.05) is 13.8 Å². The first kappa shape index (κ1) is 17.9. The minimum atomic E-state index is -0.651. The van der Waals surface area contributed by atoms with E-state index < -0.39 is 5.41 Å². The average Bonchev–Trinajstić information content (AvgIpc) is 2.39. The van der Waals surface area contributed by atoms with Gasteiger partial charge >= 0.3 is 0 Å². The zero-order valence-electron chi connectivity index (χ0n) is 12.8. The molecule has 2 rings (SSSR count). The van der Waals surface area contributed by atoms with Crippen molar-refractivity contribution in [1.29, 1.82) is 0 Å². The van der Waals surface area contributed by atoms with Crippen molar-refractivity contribution in [3.8, 4) is 0 Å². The Morgan fingerprint density at radius 1 is 1.33 bits per heavy atom. The molecule has 2 N–H and O–H groups in total. The third-order valence-electron chi connectivity index (χ3n) is 4.09. The fourth-order valence-electron chi connectivity index (χ4n) is 2.63. The van der Waals surface area contributed by atoms with Crippen LogP contribution in [0, 0.1) is 5.82 Å². The quantitative estimate of drug-likeness (QED) is 0.901. The van der Waals surface area contributed by atoms with Crippen LogP contribution in [0.4, 0.5) is 4.39 Å². The highest BCUT2D eigenvalue weighted by atomic mass is 35.5. The largest absolute Gasteiger partial charge is 0.353 e. The van der Waals surface area contributed by atoms with Crippen molar-refractivity contribution in [2.75, 3.05) is 6.54 Å². The standard InChI is InChI=1S/C16H23FN2O.ClH/c1-11-10-14(8-9-18-11)19-15(20)16(2,3)12-4-6-13(17)7-5-12;/h4-7,11,14,18H,8-10H2,1-3H3,(H,19,20);1H. The lowest BCUT2D eigenvalue weighted by Gasteiger charge is -2.32. The molecule has 3 nitrogen and oxygen atoms in total. The summed E-state index contributed by atoms with van der Waals surface area (Å²) in [7, 11) is 0. The molecule has 0 radical (unpaired) electrons. The maximum Gasteiger partial charge on any atom is 0.230 e. The molecule has 118 valence electrons. The van der Waals surface area contributed by atoms with E-state index >= 15 is 0 Å². The molecule has 1 heterocycles. The predicted molar refractivity (Wildman–Crippen MR) is 85.3 cm³/mol. The maximum atomic E-state index is 13.0. The van der Waals surface area contributed by atoms with Gasteiger partial charge in [0.1, 0.15) is 5.82 Å². The molecule has 1 aliphatic rings. The second-order valence-corrected chi connectivity index (χ2v) is 6.18. The van der Waals surface area contributed by atoms with E-state index in [4.69, 9.17) is 0 Å². The van der Waals surface area contributed by atoms with E-state index in [2.05, 4.69) is 17.6 Å². The van der Waals surface area contributed by atoms with Crippen LogP contribution in [0.5, 0.6) is 0 Å². The van der Waals surface area contributed by atoms with Crippen LogP contribution in [0.2, 0.25) is 0 Å². The lowest BCUT2D eigenvalue weighted by molar-refractivity contribution is -0.126. The van der Waals surface area contributed by atoms with Crippen LogP contribution in [0.15, 0.2) is 24.3 Å². The number of rotatable bonds is 3. The topological polar surface area (TPSA) is 41.1 Å². The predicted octanol–water partition coefficient (Wildman–Crippen LogP) is 2.78. The molecule has 2 unspecified atom stereocenters. The Morgan fingerprint density at radius 3 is 2.52 bits per heavy atom. The number of nitrogens with one attached hydrogen (secondary N) is 2. The van der Waals surface area contributed by atoms with Gasteiger partial charge in [-0.2, -0.15) is 0 Å². The van der Waals surface area contributed by atoms with Gasteiger partial charge in [0.15, 0.2) is 0 Å². The van der Waals surface area contributed by atoms with Crippen LogP contribution in [-0.2, 0) is 10.2 Å². The number of amides is 1. The fourth-order valence-corrected chi connectivity index (χ4v) is 2.63. The van der Waals surface area contributed by atoms with Gasteiger partial charge < -0.3 is 10.6 Å². The SMILES string of the molecule is CC1CC(NC(=O)C(C)(C)c2ccc(F)cc2)CCN1.Cl. The van der Waals surface area contributed by atoms with E-state index in [0.717, 1.165) is 24.9 Å². The molecular weight excluding hydrogens is 291 g/mol. The Labute approximate surface area is 132 Å². The molecule has 1 aromatic rings. The highest BCUT2D eigenvalue weighted by Crippen LogP contribution is 2.24. The van der Waals surface area contributed by atoms with Crippen molar-refractivity contribution in [1.82, 2.24) is 10.6 Å². The van der Waals surface area contributed by atoms with Crippen molar-refractivity contribution >= 4 is 18.3 Å². The van der Waals surface area contributed by atoms with E-state index in [1.54, 1.807) is 12.1 Å². The third kappa shape index (κ3) is 4.42. The van der Waals surface area contributed by atoms with E-state index in [9.17, 15) is 9.18 Å². The average molecular weight is 315 g/mol. The summed E-state index contributed by atoms with van der Waals surface area (Å²) < 4.78 is 13.0. The van der Waals surface area contributed by atoms with Crippen LogP contribution >= 0.6 is 12.4 Å². The Kier molecular flexibility index (Phi) is 6.17. The fraction of sp³-hybridized carbons (Fsp3) is 0.562.